The van der Waals surface area contributed by atoms with Gasteiger partial charge < -0.3 is 9.42 Å². The second-order valence-corrected chi connectivity index (χ2v) is 6.72. The van der Waals surface area contributed by atoms with Crippen LogP contribution in [0.1, 0.15) is 23.3 Å². The lowest BCUT2D eigenvalue weighted by Gasteiger charge is -2.26. The summed E-state index contributed by atoms with van der Waals surface area (Å²) in [5.41, 5.74) is 1.99. The highest BCUT2D eigenvalue weighted by Crippen LogP contribution is 2.31. The molecule has 144 valence electrons. The Labute approximate surface area is 159 Å². The Morgan fingerprint density at radius 2 is 1.89 bits per heavy atom. The van der Waals surface area contributed by atoms with Crippen LogP contribution in [0.4, 0.5) is 13.2 Å². The van der Waals surface area contributed by atoms with Crippen molar-refractivity contribution >= 4 is 5.91 Å². The predicted molar refractivity (Wildman–Crippen MR) is 95.7 cm³/mol. The van der Waals surface area contributed by atoms with E-state index in [1.165, 1.54) is 12.1 Å². The standard InChI is InChI=1S/C21H17F3N2O2/c22-16-4-2-1-3-13(16)6-8-20(27)26-10-9-19-15(12-26)21(25-28-19)14-5-7-17(23)18(24)11-14/h1-5,7,11H,6,8-10,12H2. The fraction of sp³-hybridized carbons (Fsp3) is 0.238. The SMILES string of the molecule is O=C(CCc1ccccc1F)N1CCc2onc(-c3ccc(F)c(F)c3)c2C1. The smallest absolute Gasteiger partial charge is 0.223 e. The van der Waals surface area contributed by atoms with Gasteiger partial charge in [0.1, 0.15) is 17.3 Å². The van der Waals surface area contributed by atoms with Crippen molar-refractivity contribution in [1.29, 1.82) is 0 Å². The Hall–Kier alpha value is -3.09. The molecule has 0 aliphatic carbocycles. The van der Waals surface area contributed by atoms with Crippen LogP contribution in [-0.4, -0.2) is 22.5 Å². The van der Waals surface area contributed by atoms with Gasteiger partial charge in [-0.05, 0) is 36.2 Å². The highest BCUT2D eigenvalue weighted by molar-refractivity contribution is 5.77. The summed E-state index contributed by atoms with van der Waals surface area (Å²) in [6, 6.07) is 9.91. The molecule has 0 bridgehead atoms. The van der Waals surface area contributed by atoms with Crippen molar-refractivity contribution in [3.05, 3.63) is 76.8 Å². The molecule has 28 heavy (non-hydrogen) atoms. The third-order valence-corrected chi connectivity index (χ3v) is 4.94. The van der Waals surface area contributed by atoms with Gasteiger partial charge in [0.05, 0.1) is 6.54 Å². The molecule has 4 nitrogen and oxygen atoms in total. The largest absolute Gasteiger partial charge is 0.360 e. The fourth-order valence-electron chi connectivity index (χ4n) is 3.39. The Balaban J connectivity index is 1.49. The second kappa shape index (κ2) is 7.50. The van der Waals surface area contributed by atoms with Gasteiger partial charge in [-0.3, -0.25) is 4.79 Å². The van der Waals surface area contributed by atoms with Crippen LogP contribution < -0.4 is 0 Å². The first-order valence-electron chi connectivity index (χ1n) is 8.97. The van der Waals surface area contributed by atoms with E-state index in [9.17, 15) is 18.0 Å². The van der Waals surface area contributed by atoms with Crippen molar-refractivity contribution in [1.82, 2.24) is 10.1 Å². The Kier molecular flexibility index (Phi) is 4.90. The van der Waals surface area contributed by atoms with Crippen molar-refractivity contribution in [3.63, 3.8) is 0 Å². The molecule has 0 saturated carbocycles. The van der Waals surface area contributed by atoms with Gasteiger partial charge >= 0.3 is 0 Å². The predicted octanol–water partition coefficient (Wildman–Crippen LogP) is 4.28. The van der Waals surface area contributed by atoms with E-state index in [0.717, 1.165) is 12.1 Å². The van der Waals surface area contributed by atoms with E-state index in [4.69, 9.17) is 4.52 Å². The first-order valence-corrected chi connectivity index (χ1v) is 8.97. The molecule has 0 N–H and O–H groups in total. The summed E-state index contributed by atoms with van der Waals surface area (Å²) >= 11 is 0. The van der Waals surface area contributed by atoms with Gasteiger partial charge in [-0.25, -0.2) is 13.2 Å². The molecule has 2 aromatic carbocycles. The number of carbonyl (C=O) groups excluding carboxylic acids is 1. The van der Waals surface area contributed by atoms with Crippen molar-refractivity contribution in [2.75, 3.05) is 6.54 Å². The summed E-state index contributed by atoms with van der Waals surface area (Å²) in [4.78, 5) is 14.3. The van der Waals surface area contributed by atoms with Crippen LogP contribution >= 0.6 is 0 Å². The molecule has 1 aliphatic rings. The summed E-state index contributed by atoms with van der Waals surface area (Å²) in [5.74, 6) is -1.70. The lowest BCUT2D eigenvalue weighted by Crippen LogP contribution is -2.35. The molecule has 7 heteroatoms. The molecule has 3 aromatic rings. The number of fused-ring (bicyclic) bond motifs is 1. The van der Waals surface area contributed by atoms with E-state index in [2.05, 4.69) is 5.16 Å². The molecule has 1 aromatic heterocycles. The topological polar surface area (TPSA) is 46.3 Å². The van der Waals surface area contributed by atoms with E-state index >= 15 is 0 Å². The van der Waals surface area contributed by atoms with Crippen LogP contribution in [0.2, 0.25) is 0 Å². The van der Waals surface area contributed by atoms with Gasteiger partial charge in [0.2, 0.25) is 5.91 Å². The normalized spacial score (nSPS) is 13.5. The van der Waals surface area contributed by atoms with E-state index in [-0.39, 0.29) is 24.7 Å². The summed E-state index contributed by atoms with van der Waals surface area (Å²) < 4.78 is 45.8. The van der Waals surface area contributed by atoms with E-state index < -0.39 is 11.6 Å². The zero-order valence-electron chi connectivity index (χ0n) is 14.9. The molecule has 0 spiro atoms. The Morgan fingerprint density at radius 1 is 1.07 bits per heavy atom. The average molecular weight is 386 g/mol. The van der Waals surface area contributed by atoms with Crippen LogP contribution in [0, 0.1) is 17.5 Å². The molecular weight excluding hydrogens is 369 g/mol. The molecule has 1 amide bonds. The molecule has 1 aliphatic heterocycles. The summed E-state index contributed by atoms with van der Waals surface area (Å²) in [6.07, 6.45) is 0.980. The monoisotopic (exact) mass is 386 g/mol. The summed E-state index contributed by atoms with van der Waals surface area (Å²) in [5, 5.41) is 3.99. The minimum atomic E-state index is -0.970. The average Bonchev–Trinajstić information content (AvgIpc) is 3.12. The summed E-state index contributed by atoms with van der Waals surface area (Å²) in [6.45, 7) is 0.735. The number of nitrogens with zero attached hydrogens (tertiary/aromatic N) is 2. The Bertz CT molecular complexity index is 1030. The number of hydrogen-bond acceptors (Lipinski definition) is 3. The lowest BCUT2D eigenvalue weighted by atomic mass is 10.0. The van der Waals surface area contributed by atoms with E-state index in [1.54, 1.807) is 23.1 Å². The number of aromatic nitrogens is 1. The van der Waals surface area contributed by atoms with Crippen LogP contribution in [0.25, 0.3) is 11.3 Å². The number of rotatable bonds is 4. The highest BCUT2D eigenvalue weighted by atomic mass is 19.2. The van der Waals surface area contributed by atoms with Crippen LogP contribution in [-0.2, 0) is 24.2 Å². The first kappa shape index (κ1) is 18.3. The Morgan fingerprint density at radius 3 is 2.68 bits per heavy atom. The van der Waals surface area contributed by atoms with Gasteiger partial charge in [0, 0.05) is 30.5 Å². The lowest BCUT2D eigenvalue weighted by molar-refractivity contribution is -0.132. The van der Waals surface area contributed by atoms with Gasteiger partial charge in [-0.15, -0.1) is 0 Å². The number of aryl methyl sites for hydroxylation is 1. The van der Waals surface area contributed by atoms with E-state index in [0.29, 0.717) is 47.5 Å². The molecule has 0 atom stereocenters. The molecule has 0 unspecified atom stereocenters. The molecule has 0 saturated heterocycles. The van der Waals surface area contributed by atoms with Gasteiger partial charge in [0.15, 0.2) is 11.6 Å². The quantitative estimate of drug-likeness (QED) is 0.673. The van der Waals surface area contributed by atoms with Gasteiger partial charge in [0.25, 0.3) is 0 Å². The van der Waals surface area contributed by atoms with Crippen LogP contribution in [0.5, 0.6) is 0 Å². The number of halogens is 3. The summed E-state index contributed by atoms with van der Waals surface area (Å²) in [7, 11) is 0. The third-order valence-electron chi connectivity index (χ3n) is 4.94. The van der Waals surface area contributed by atoms with E-state index in [1.807, 2.05) is 0 Å². The molecule has 4 rings (SSSR count). The van der Waals surface area contributed by atoms with Crippen LogP contribution in [0.15, 0.2) is 47.0 Å². The first-order chi connectivity index (χ1) is 13.5. The number of amides is 1. The maximum atomic E-state index is 13.7. The molecule has 2 heterocycles. The zero-order chi connectivity index (χ0) is 19.7. The van der Waals surface area contributed by atoms with Crippen molar-refractivity contribution in [2.45, 2.75) is 25.8 Å². The van der Waals surface area contributed by atoms with Crippen molar-refractivity contribution in [2.24, 2.45) is 0 Å². The minimum Gasteiger partial charge on any atom is -0.360 e. The zero-order valence-corrected chi connectivity index (χ0v) is 14.9. The molecule has 0 radical (unpaired) electrons. The van der Waals surface area contributed by atoms with Crippen molar-refractivity contribution in [3.8, 4) is 11.3 Å². The molecule has 0 fully saturated rings. The van der Waals surface area contributed by atoms with Crippen molar-refractivity contribution < 1.29 is 22.5 Å². The highest BCUT2D eigenvalue weighted by Gasteiger charge is 2.27. The maximum Gasteiger partial charge on any atom is 0.223 e. The third kappa shape index (κ3) is 3.52. The fourth-order valence-corrected chi connectivity index (χ4v) is 3.39. The van der Waals surface area contributed by atoms with Gasteiger partial charge in [-0.1, -0.05) is 23.4 Å². The molecular formula is C21H17F3N2O2. The van der Waals surface area contributed by atoms with Crippen LogP contribution in [0.3, 0.4) is 0 Å². The number of benzene rings is 2. The number of hydrogen-bond donors (Lipinski definition) is 0. The van der Waals surface area contributed by atoms with Gasteiger partial charge in [-0.2, -0.15) is 0 Å². The second-order valence-electron chi connectivity index (χ2n) is 6.72. The maximum absolute atomic E-state index is 13.7. The minimum absolute atomic E-state index is 0.105. The number of carbonyl (C=O) groups is 1.